The molecule has 9 nitrogen and oxygen atoms in total. The molecule has 1 saturated heterocycles. The van der Waals surface area contributed by atoms with Gasteiger partial charge in [-0.15, -0.1) is 5.10 Å². The highest BCUT2D eigenvalue weighted by Gasteiger charge is 2.28. The summed E-state index contributed by atoms with van der Waals surface area (Å²) in [7, 11) is 3.15. The normalized spacial score (nSPS) is 18.5. The first kappa shape index (κ1) is 21.1. The summed E-state index contributed by atoms with van der Waals surface area (Å²) in [5.41, 5.74) is 0.898. The summed E-state index contributed by atoms with van der Waals surface area (Å²) in [6, 6.07) is 5.64. The Hall–Kier alpha value is -3.10. The minimum atomic E-state index is -0.171. The third-order valence-corrected chi connectivity index (χ3v) is 5.86. The molecule has 1 aromatic carbocycles. The number of nitrogens with one attached hydrogen (secondary N) is 1. The van der Waals surface area contributed by atoms with Gasteiger partial charge in [0.15, 0.2) is 5.69 Å². The van der Waals surface area contributed by atoms with E-state index in [2.05, 4.69) is 15.6 Å². The van der Waals surface area contributed by atoms with Gasteiger partial charge >= 0.3 is 0 Å². The Kier molecular flexibility index (Phi) is 6.39. The van der Waals surface area contributed by atoms with Crippen molar-refractivity contribution in [2.24, 2.45) is 0 Å². The highest BCUT2D eigenvalue weighted by Crippen LogP contribution is 2.27. The molecule has 2 fully saturated rings. The van der Waals surface area contributed by atoms with Gasteiger partial charge in [0, 0.05) is 36.8 Å². The molecule has 166 valence electrons. The fourth-order valence-corrected chi connectivity index (χ4v) is 3.94. The maximum Gasteiger partial charge on any atom is 0.273 e. The Morgan fingerprint density at radius 1 is 1.10 bits per heavy atom. The number of benzene rings is 1. The van der Waals surface area contributed by atoms with Crippen molar-refractivity contribution < 1.29 is 19.1 Å². The highest BCUT2D eigenvalue weighted by atomic mass is 16.5. The van der Waals surface area contributed by atoms with Gasteiger partial charge in [-0.2, -0.15) is 0 Å². The first-order chi connectivity index (χ1) is 15.1. The lowest BCUT2D eigenvalue weighted by molar-refractivity contribution is 0.0593. The fraction of sp³-hybridized carbons (Fsp3) is 0.545. The van der Waals surface area contributed by atoms with Crippen LogP contribution in [0.15, 0.2) is 24.4 Å². The number of carbonyl (C=O) groups excluding carboxylic acids is 2. The van der Waals surface area contributed by atoms with Gasteiger partial charge in [0.25, 0.3) is 11.8 Å². The van der Waals surface area contributed by atoms with Crippen molar-refractivity contribution in [2.45, 2.75) is 57.2 Å². The predicted molar refractivity (Wildman–Crippen MR) is 113 cm³/mol. The number of hydrogen-bond donors (Lipinski definition) is 1. The van der Waals surface area contributed by atoms with Crippen molar-refractivity contribution in [3.8, 4) is 11.5 Å². The van der Waals surface area contributed by atoms with E-state index < -0.39 is 0 Å². The Labute approximate surface area is 181 Å². The third kappa shape index (κ3) is 5.15. The number of methoxy groups -OCH3 is 2. The molecule has 2 aromatic rings. The molecular weight excluding hydrogens is 398 g/mol. The van der Waals surface area contributed by atoms with Gasteiger partial charge in [0.2, 0.25) is 0 Å². The van der Waals surface area contributed by atoms with Gasteiger partial charge in [0.1, 0.15) is 11.5 Å². The number of rotatable bonds is 8. The lowest BCUT2D eigenvalue weighted by atomic mass is 9.98. The van der Waals surface area contributed by atoms with Crippen molar-refractivity contribution in [3.63, 3.8) is 0 Å². The van der Waals surface area contributed by atoms with Crippen LogP contribution >= 0.6 is 0 Å². The molecule has 0 spiro atoms. The van der Waals surface area contributed by atoms with E-state index in [-0.39, 0.29) is 23.9 Å². The number of hydrogen-bond acceptors (Lipinski definition) is 6. The summed E-state index contributed by atoms with van der Waals surface area (Å²) in [5.74, 6) is 0.993. The van der Waals surface area contributed by atoms with Gasteiger partial charge in [0.05, 0.1) is 20.4 Å². The number of nitrogens with zero attached hydrogens (tertiary/aromatic N) is 4. The van der Waals surface area contributed by atoms with E-state index in [9.17, 15) is 9.59 Å². The zero-order chi connectivity index (χ0) is 21.8. The van der Waals surface area contributed by atoms with Gasteiger partial charge in [-0.05, 0) is 50.7 Å². The van der Waals surface area contributed by atoms with Crippen LogP contribution in [0.5, 0.6) is 11.5 Å². The van der Waals surface area contributed by atoms with Gasteiger partial charge < -0.3 is 19.7 Å². The molecule has 1 aliphatic heterocycles. The molecule has 1 saturated carbocycles. The smallest absolute Gasteiger partial charge is 0.273 e. The van der Waals surface area contributed by atoms with Gasteiger partial charge in [-0.25, -0.2) is 0 Å². The third-order valence-electron chi connectivity index (χ3n) is 5.86. The van der Waals surface area contributed by atoms with Crippen LogP contribution in [0, 0.1) is 0 Å². The predicted octanol–water partition coefficient (Wildman–Crippen LogP) is 2.27. The van der Waals surface area contributed by atoms with Crippen LogP contribution in [0.25, 0.3) is 0 Å². The molecule has 1 N–H and O–H groups in total. The Balaban J connectivity index is 1.41. The SMILES string of the molecule is COc1cc(OC)cc(C(=O)N2CCCC[C@H]2CCn2cc(C(=O)NC3CC3)nn2)c1. The zero-order valence-electron chi connectivity index (χ0n) is 18.0. The second kappa shape index (κ2) is 9.36. The van der Waals surface area contributed by atoms with E-state index in [0.717, 1.165) is 45.1 Å². The molecule has 2 aliphatic rings. The molecule has 0 bridgehead atoms. The average molecular weight is 428 g/mol. The number of ether oxygens (including phenoxy) is 2. The average Bonchev–Trinajstić information content (AvgIpc) is 3.49. The van der Waals surface area contributed by atoms with Crippen LogP contribution in [0.1, 0.15) is 59.4 Å². The van der Waals surface area contributed by atoms with E-state index in [4.69, 9.17) is 9.47 Å². The topological polar surface area (TPSA) is 98.6 Å². The lowest BCUT2D eigenvalue weighted by Crippen LogP contribution is -2.44. The molecule has 2 amide bonds. The quantitative estimate of drug-likeness (QED) is 0.694. The van der Waals surface area contributed by atoms with E-state index in [1.807, 2.05) is 4.90 Å². The van der Waals surface area contributed by atoms with E-state index in [1.165, 1.54) is 0 Å². The monoisotopic (exact) mass is 427 g/mol. The number of amides is 2. The summed E-state index contributed by atoms with van der Waals surface area (Å²) in [6.07, 6.45) is 7.51. The van der Waals surface area contributed by atoms with Crippen molar-refractivity contribution in [1.29, 1.82) is 0 Å². The van der Waals surface area contributed by atoms with Crippen LogP contribution < -0.4 is 14.8 Å². The maximum absolute atomic E-state index is 13.3. The molecule has 0 unspecified atom stereocenters. The van der Waals surface area contributed by atoms with Crippen LogP contribution in [-0.2, 0) is 6.54 Å². The van der Waals surface area contributed by atoms with Crippen molar-refractivity contribution in [1.82, 2.24) is 25.2 Å². The molecule has 31 heavy (non-hydrogen) atoms. The Bertz CT molecular complexity index is 917. The van der Waals surface area contributed by atoms with Crippen molar-refractivity contribution in [2.75, 3.05) is 20.8 Å². The zero-order valence-corrected chi connectivity index (χ0v) is 18.0. The summed E-state index contributed by atoms with van der Waals surface area (Å²) in [5, 5.41) is 11.0. The van der Waals surface area contributed by atoms with Crippen LogP contribution in [-0.4, -0.2) is 64.6 Å². The number of piperidine rings is 1. The summed E-state index contributed by atoms with van der Waals surface area (Å²) >= 11 is 0. The molecule has 1 aromatic heterocycles. The lowest BCUT2D eigenvalue weighted by Gasteiger charge is -2.36. The summed E-state index contributed by atoms with van der Waals surface area (Å²) in [4.78, 5) is 27.3. The van der Waals surface area contributed by atoms with Crippen molar-refractivity contribution in [3.05, 3.63) is 35.7 Å². The number of aromatic nitrogens is 3. The van der Waals surface area contributed by atoms with Crippen molar-refractivity contribution >= 4 is 11.8 Å². The second-order valence-electron chi connectivity index (χ2n) is 8.15. The molecular formula is C22H29N5O4. The van der Waals surface area contributed by atoms with Gasteiger partial charge in [-0.3, -0.25) is 14.3 Å². The number of likely N-dealkylation sites (tertiary alicyclic amines) is 1. The minimum Gasteiger partial charge on any atom is -0.497 e. The van der Waals surface area contributed by atoms with Gasteiger partial charge in [-0.1, -0.05) is 5.21 Å². The molecule has 4 rings (SSSR count). The fourth-order valence-electron chi connectivity index (χ4n) is 3.94. The Morgan fingerprint density at radius 3 is 2.52 bits per heavy atom. The minimum absolute atomic E-state index is 0.0232. The van der Waals surface area contributed by atoms with Crippen LogP contribution in [0.2, 0.25) is 0 Å². The number of carbonyl (C=O) groups is 2. The first-order valence-corrected chi connectivity index (χ1v) is 10.8. The highest BCUT2D eigenvalue weighted by molar-refractivity contribution is 5.95. The van der Waals surface area contributed by atoms with Crippen LogP contribution in [0.4, 0.5) is 0 Å². The maximum atomic E-state index is 13.3. The summed E-state index contributed by atoms with van der Waals surface area (Å²) in [6.45, 7) is 1.31. The molecule has 9 heteroatoms. The molecule has 1 atom stereocenters. The second-order valence-corrected chi connectivity index (χ2v) is 8.15. The van der Waals surface area contributed by atoms with E-state index in [1.54, 1.807) is 43.3 Å². The number of aryl methyl sites for hydroxylation is 1. The summed E-state index contributed by atoms with van der Waals surface area (Å²) < 4.78 is 12.3. The largest absolute Gasteiger partial charge is 0.497 e. The van der Waals surface area contributed by atoms with E-state index >= 15 is 0 Å². The van der Waals surface area contributed by atoms with Crippen LogP contribution in [0.3, 0.4) is 0 Å². The molecule has 0 radical (unpaired) electrons. The van der Waals surface area contributed by atoms with E-state index in [0.29, 0.717) is 29.3 Å². The first-order valence-electron chi connectivity index (χ1n) is 10.8. The molecule has 1 aliphatic carbocycles. The Morgan fingerprint density at radius 2 is 1.84 bits per heavy atom. The standard InChI is InChI=1S/C22H29N5O4/c1-30-18-11-15(12-19(13-18)31-2)22(29)27-9-4-3-5-17(27)8-10-26-14-20(24-25-26)21(28)23-16-6-7-16/h11-14,16-17H,3-10H2,1-2H3,(H,23,28)/t17-/m0/s1. The molecule has 2 heterocycles.